The molecule has 1 aliphatic rings. The first-order valence-electron chi connectivity index (χ1n) is 5.70. The predicted molar refractivity (Wildman–Crippen MR) is 73.7 cm³/mol. The van der Waals surface area contributed by atoms with Crippen molar-refractivity contribution in [1.29, 1.82) is 0 Å². The number of hydrogen-bond acceptors (Lipinski definition) is 6. The number of carboxylic acid groups (broad SMARTS) is 1. The van der Waals surface area contributed by atoms with Crippen molar-refractivity contribution in [3.63, 3.8) is 0 Å². The second kappa shape index (κ2) is 6.31. The lowest BCUT2D eigenvalue weighted by molar-refractivity contribution is -0.131. The van der Waals surface area contributed by atoms with Crippen LogP contribution in [-0.2, 0) is 19.7 Å². The molecule has 1 saturated heterocycles. The van der Waals surface area contributed by atoms with Gasteiger partial charge in [-0.2, -0.15) is 12.7 Å². The molecule has 0 spiro atoms. The molecule has 1 aliphatic heterocycles. The van der Waals surface area contributed by atoms with Gasteiger partial charge >= 0.3 is 16.2 Å². The zero-order valence-electron chi connectivity index (χ0n) is 10.4. The lowest BCUT2D eigenvalue weighted by Crippen LogP contribution is -2.43. The van der Waals surface area contributed by atoms with E-state index in [9.17, 15) is 13.2 Å². The van der Waals surface area contributed by atoms with E-state index in [1.165, 1.54) is 16.6 Å². The first-order chi connectivity index (χ1) is 9.47. The molecule has 0 saturated carbocycles. The number of aliphatic carboxylic acids is 1. The summed E-state index contributed by atoms with van der Waals surface area (Å²) in [5.74, 6) is -1.08. The first-order valence-corrected chi connectivity index (χ1v) is 7.95. The molecular formula is C10H13N3O5S2. The Morgan fingerprint density at radius 1 is 1.50 bits per heavy atom. The maximum absolute atomic E-state index is 12.0. The minimum Gasteiger partial charge on any atom is -0.478 e. The molecule has 2 rings (SSSR count). The van der Waals surface area contributed by atoms with Gasteiger partial charge in [-0.15, -0.1) is 0 Å². The van der Waals surface area contributed by atoms with Gasteiger partial charge in [-0.25, -0.2) is 14.5 Å². The van der Waals surface area contributed by atoms with Crippen LogP contribution >= 0.6 is 11.3 Å². The first kappa shape index (κ1) is 14.9. The van der Waals surface area contributed by atoms with Crippen molar-refractivity contribution in [2.75, 3.05) is 31.0 Å². The summed E-state index contributed by atoms with van der Waals surface area (Å²) in [6, 6.07) is 0. The highest BCUT2D eigenvalue weighted by Crippen LogP contribution is 2.21. The topological polar surface area (TPSA) is 109 Å². The number of carboxylic acids is 1. The number of rotatable bonds is 5. The van der Waals surface area contributed by atoms with Gasteiger partial charge in [0.25, 0.3) is 0 Å². The van der Waals surface area contributed by atoms with E-state index < -0.39 is 16.2 Å². The second-order valence-electron chi connectivity index (χ2n) is 3.86. The minimum absolute atomic E-state index is 0.196. The van der Waals surface area contributed by atoms with Gasteiger partial charge in [0, 0.05) is 30.2 Å². The van der Waals surface area contributed by atoms with E-state index in [4.69, 9.17) is 9.84 Å². The molecule has 1 fully saturated rings. The number of morpholine rings is 1. The van der Waals surface area contributed by atoms with Crippen LogP contribution in [0.5, 0.6) is 0 Å². The molecule has 8 nitrogen and oxygen atoms in total. The Balaban J connectivity index is 2.04. The van der Waals surface area contributed by atoms with Gasteiger partial charge in [0.05, 0.1) is 13.2 Å². The molecule has 0 bridgehead atoms. The smallest absolute Gasteiger partial charge is 0.328 e. The Labute approximate surface area is 119 Å². The van der Waals surface area contributed by atoms with Gasteiger partial charge in [0.2, 0.25) is 0 Å². The van der Waals surface area contributed by atoms with Crippen LogP contribution in [0.25, 0.3) is 6.08 Å². The van der Waals surface area contributed by atoms with Crippen molar-refractivity contribution in [3.8, 4) is 0 Å². The highest BCUT2D eigenvalue weighted by Gasteiger charge is 2.24. The molecule has 1 aromatic rings. The molecule has 0 atom stereocenters. The van der Waals surface area contributed by atoms with Crippen molar-refractivity contribution in [3.05, 3.63) is 17.2 Å². The minimum atomic E-state index is -3.64. The summed E-state index contributed by atoms with van der Waals surface area (Å²) in [4.78, 5) is 14.8. The van der Waals surface area contributed by atoms with Crippen molar-refractivity contribution in [2.45, 2.75) is 0 Å². The normalized spacial score (nSPS) is 17.4. The molecular weight excluding hydrogens is 306 g/mol. The Kier molecular flexibility index (Phi) is 4.70. The lowest BCUT2D eigenvalue weighted by Gasteiger charge is -2.25. The molecule has 20 heavy (non-hydrogen) atoms. The SMILES string of the molecule is O=C(O)C=Cc1cnc(NS(=O)(=O)N2CCOCC2)s1. The lowest BCUT2D eigenvalue weighted by atomic mass is 10.4. The van der Waals surface area contributed by atoms with Crippen molar-refractivity contribution in [1.82, 2.24) is 9.29 Å². The monoisotopic (exact) mass is 319 g/mol. The Hall–Kier alpha value is -1.49. The van der Waals surface area contributed by atoms with Crippen molar-refractivity contribution >= 4 is 38.7 Å². The zero-order valence-corrected chi connectivity index (χ0v) is 12.0. The average molecular weight is 319 g/mol. The van der Waals surface area contributed by atoms with Gasteiger partial charge in [-0.1, -0.05) is 11.3 Å². The number of ether oxygens (including phenoxy) is 1. The van der Waals surface area contributed by atoms with Crippen LogP contribution in [0.15, 0.2) is 12.3 Å². The number of nitrogens with zero attached hydrogens (tertiary/aromatic N) is 2. The van der Waals surface area contributed by atoms with E-state index in [1.807, 2.05) is 0 Å². The summed E-state index contributed by atoms with van der Waals surface area (Å²) >= 11 is 1.06. The van der Waals surface area contributed by atoms with Crippen LogP contribution in [0.3, 0.4) is 0 Å². The van der Waals surface area contributed by atoms with Crippen LogP contribution in [-0.4, -0.2) is 55.1 Å². The van der Waals surface area contributed by atoms with E-state index >= 15 is 0 Å². The maximum Gasteiger partial charge on any atom is 0.328 e. The third-order valence-corrected chi connectivity index (χ3v) is 4.94. The third kappa shape index (κ3) is 4.00. The van der Waals surface area contributed by atoms with Crippen molar-refractivity contribution < 1.29 is 23.1 Å². The Bertz CT molecular complexity index is 604. The fourth-order valence-electron chi connectivity index (χ4n) is 1.53. The van der Waals surface area contributed by atoms with Crippen LogP contribution < -0.4 is 4.72 Å². The molecule has 2 heterocycles. The standard InChI is InChI=1S/C10H13N3O5S2/c14-9(15)2-1-8-7-11-10(19-8)12-20(16,17)13-3-5-18-6-4-13/h1-2,7H,3-6H2,(H,11,12)(H,14,15). The highest BCUT2D eigenvalue weighted by atomic mass is 32.2. The van der Waals surface area contributed by atoms with E-state index in [0.29, 0.717) is 31.2 Å². The number of carbonyl (C=O) groups is 1. The summed E-state index contributed by atoms with van der Waals surface area (Å²) < 4.78 is 32.8. The number of aromatic nitrogens is 1. The van der Waals surface area contributed by atoms with Gasteiger partial charge in [-0.3, -0.25) is 0 Å². The third-order valence-electron chi connectivity index (χ3n) is 2.44. The van der Waals surface area contributed by atoms with Crippen LogP contribution in [0.4, 0.5) is 5.13 Å². The molecule has 2 N–H and O–H groups in total. The summed E-state index contributed by atoms with van der Waals surface area (Å²) in [5, 5.41) is 8.70. The number of nitrogens with one attached hydrogen (secondary N) is 1. The zero-order chi connectivity index (χ0) is 14.6. The maximum atomic E-state index is 12.0. The van der Waals surface area contributed by atoms with Crippen LogP contribution in [0.2, 0.25) is 0 Å². The summed E-state index contributed by atoms with van der Waals surface area (Å²) in [7, 11) is -3.64. The second-order valence-corrected chi connectivity index (χ2v) is 6.59. The van der Waals surface area contributed by atoms with Gasteiger partial charge in [0.1, 0.15) is 0 Å². The number of thiazole rings is 1. The molecule has 10 heteroatoms. The highest BCUT2D eigenvalue weighted by molar-refractivity contribution is 7.90. The van der Waals surface area contributed by atoms with Crippen LogP contribution in [0, 0.1) is 0 Å². The Morgan fingerprint density at radius 2 is 2.20 bits per heavy atom. The van der Waals surface area contributed by atoms with Crippen molar-refractivity contribution in [2.24, 2.45) is 0 Å². The van der Waals surface area contributed by atoms with E-state index in [0.717, 1.165) is 17.4 Å². The van der Waals surface area contributed by atoms with E-state index in [1.54, 1.807) is 0 Å². The molecule has 0 aliphatic carbocycles. The number of anilines is 1. The number of hydrogen-bond donors (Lipinski definition) is 2. The Morgan fingerprint density at radius 3 is 2.85 bits per heavy atom. The van der Waals surface area contributed by atoms with Gasteiger partial charge < -0.3 is 9.84 Å². The molecule has 0 radical (unpaired) electrons. The molecule has 110 valence electrons. The fraction of sp³-hybridized carbons (Fsp3) is 0.400. The van der Waals surface area contributed by atoms with Gasteiger partial charge in [-0.05, 0) is 6.08 Å². The quantitative estimate of drug-likeness (QED) is 0.752. The average Bonchev–Trinajstić information content (AvgIpc) is 2.84. The predicted octanol–water partition coefficient (Wildman–Crippen LogP) is 0.230. The van der Waals surface area contributed by atoms with E-state index in [-0.39, 0.29) is 5.13 Å². The summed E-state index contributed by atoms with van der Waals surface area (Å²) in [6.45, 7) is 1.33. The molecule has 1 aromatic heterocycles. The van der Waals surface area contributed by atoms with Crippen LogP contribution in [0.1, 0.15) is 4.88 Å². The van der Waals surface area contributed by atoms with E-state index in [2.05, 4.69) is 9.71 Å². The largest absolute Gasteiger partial charge is 0.478 e. The summed E-state index contributed by atoms with van der Waals surface area (Å²) in [6.07, 6.45) is 3.72. The molecule has 0 amide bonds. The fourth-order valence-corrected chi connectivity index (χ4v) is 3.61. The molecule has 0 aromatic carbocycles. The summed E-state index contributed by atoms with van der Waals surface area (Å²) in [5.41, 5.74) is 0. The molecule has 0 unspecified atom stereocenters. The van der Waals surface area contributed by atoms with Gasteiger partial charge in [0.15, 0.2) is 5.13 Å².